The van der Waals surface area contributed by atoms with Crippen LogP contribution in [-0.4, -0.2) is 24.1 Å². The molecule has 0 bridgehead atoms. The molecule has 0 heterocycles. The Hall–Kier alpha value is -1.84. The Morgan fingerprint density at radius 2 is 1.70 bits per heavy atom. The van der Waals surface area contributed by atoms with Crippen LogP contribution in [0.2, 0.25) is 0 Å². The molecule has 0 saturated heterocycles. The van der Waals surface area contributed by atoms with Gasteiger partial charge in [-0.15, -0.1) is 11.6 Å². The van der Waals surface area contributed by atoms with Gasteiger partial charge in [-0.05, 0) is 29.8 Å². The quantitative estimate of drug-likeness (QED) is 0.679. The van der Waals surface area contributed by atoms with E-state index < -0.39 is 17.3 Å². The third kappa shape index (κ3) is 3.18. The zero-order chi connectivity index (χ0) is 14.5. The van der Waals surface area contributed by atoms with Gasteiger partial charge in [0.2, 0.25) is 0 Å². The number of carbonyl (C=O) groups excluding carboxylic acids is 1. The van der Waals surface area contributed by atoms with Gasteiger partial charge in [-0.1, -0.05) is 30.3 Å². The van der Waals surface area contributed by atoms with Crippen molar-refractivity contribution in [3.8, 4) is 5.75 Å². The number of methoxy groups -OCH3 is 1. The van der Waals surface area contributed by atoms with Gasteiger partial charge in [0, 0.05) is 5.56 Å². The predicted octanol–water partition coefficient (Wildman–Crippen LogP) is 3.22. The summed E-state index contributed by atoms with van der Waals surface area (Å²) in [7, 11) is 1.55. The standard InChI is InChI=1S/C16H15ClO3/c1-20-13-9-7-12(8-10-13)15(18)16(19)14(17)11-5-3-2-4-6-11/h2-10,14,16,19H,1H3/t14-,16-/m1/s1. The molecule has 2 aromatic rings. The first-order valence-corrected chi connectivity index (χ1v) is 6.62. The van der Waals surface area contributed by atoms with Gasteiger partial charge in [0.15, 0.2) is 5.78 Å². The summed E-state index contributed by atoms with van der Waals surface area (Å²) in [6.45, 7) is 0. The largest absolute Gasteiger partial charge is 0.497 e. The molecule has 0 saturated carbocycles. The maximum Gasteiger partial charge on any atom is 0.193 e. The van der Waals surface area contributed by atoms with Crippen LogP contribution < -0.4 is 4.74 Å². The first-order chi connectivity index (χ1) is 9.63. The van der Waals surface area contributed by atoms with Crippen LogP contribution >= 0.6 is 11.6 Å². The summed E-state index contributed by atoms with van der Waals surface area (Å²) in [5, 5.41) is 9.33. The van der Waals surface area contributed by atoms with Crippen LogP contribution in [0.25, 0.3) is 0 Å². The second-order valence-electron chi connectivity index (χ2n) is 4.35. The van der Waals surface area contributed by atoms with E-state index in [0.29, 0.717) is 16.9 Å². The van der Waals surface area contributed by atoms with Crippen molar-refractivity contribution in [1.29, 1.82) is 0 Å². The molecule has 0 amide bonds. The number of ether oxygens (including phenoxy) is 1. The molecular formula is C16H15ClO3. The number of hydrogen-bond acceptors (Lipinski definition) is 3. The third-order valence-corrected chi connectivity index (χ3v) is 3.53. The summed E-state index contributed by atoms with van der Waals surface area (Å²) in [6, 6.07) is 15.6. The van der Waals surface area contributed by atoms with Crippen molar-refractivity contribution in [3.63, 3.8) is 0 Å². The molecule has 0 unspecified atom stereocenters. The molecule has 0 spiro atoms. The molecule has 3 nitrogen and oxygen atoms in total. The molecule has 104 valence electrons. The Kier molecular flexibility index (Phi) is 4.77. The number of benzene rings is 2. The molecule has 0 radical (unpaired) electrons. The minimum Gasteiger partial charge on any atom is -0.497 e. The first kappa shape index (κ1) is 14.6. The SMILES string of the molecule is COc1ccc(C(=O)[C@H](O)[C@H](Cl)c2ccccc2)cc1. The average molecular weight is 291 g/mol. The molecular weight excluding hydrogens is 276 g/mol. The summed E-state index contributed by atoms with van der Waals surface area (Å²) in [5.74, 6) is 0.248. The lowest BCUT2D eigenvalue weighted by Gasteiger charge is -2.16. The van der Waals surface area contributed by atoms with E-state index in [9.17, 15) is 9.90 Å². The normalized spacial score (nSPS) is 13.6. The van der Waals surface area contributed by atoms with E-state index in [1.165, 1.54) is 0 Å². The number of hydrogen-bond donors (Lipinski definition) is 1. The van der Waals surface area contributed by atoms with Crippen LogP contribution in [0.4, 0.5) is 0 Å². The minimum atomic E-state index is -1.28. The van der Waals surface area contributed by atoms with E-state index >= 15 is 0 Å². The number of halogens is 1. The number of aliphatic hydroxyl groups is 1. The third-order valence-electron chi connectivity index (χ3n) is 3.04. The van der Waals surface area contributed by atoms with Crippen LogP contribution in [-0.2, 0) is 0 Å². The molecule has 20 heavy (non-hydrogen) atoms. The number of alkyl halides is 1. The number of ketones is 1. The van der Waals surface area contributed by atoms with Gasteiger partial charge in [0.05, 0.1) is 12.5 Å². The Labute approximate surface area is 122 Å². The highest BCUT2D eigenvalue weighted by atomic mass is 35.5. The van der Waals surface area contributed by atoms with Crippen molar-refractivity contribution in [2.75, 3.05) is 7.11 Å². The first-order valence-electron chi connectivity index (χ1n) is 6.19. The fourth-order valence-electron chi connectivity index (χ4n) is 1.88. The number of aliphatic hydroxyl groups excluding tert-OH is 1. The molecule has 2 rings (SSSR count). The van der Waals surface area contributed by atoms with E-state index in [4.69, 9.17) is 16.3 Å². The Bertz CT molecular complexity index is 566. The van der Waals surface area contributed by atoms with Crippen molar-refractivity contribution in [1.82, 2.24) is 0 Å². The molecule has 2 aromatic carbocycles. The summed E-state index contributed by atoms with van der Waals surface area (Å²) >= 11 is 6.16. The van der Waals surface area contributed by atoms with Crippen molar-refractivity contribution in [3.05, 3.63) is 65.7 Å². The zero-order valence-electron chi connectivity index (χ0n) is 11.0. The lowest BCUT2D eigenvalue weighted by atomic mass is 9.99. The van der Waals surface area contributed by atoms with Gasteiger partial charge >= 0.3 is 0 Å². The fraction of sp³-hybridized carbons (Fsp3) is 0.188. The Morgan fingerprint density at radius 3 is 2.25 bits per heavy atom. The van der Waals surface area contributed by atoms with Gasteiger partial charge in [-0.25, -0.2) is 0 Å². The predicted molar refractivity (Wildman–Crippen MR) is 78.4 cm³/mol. The average Bonchev–Trinajstić information content (AvgIpc) is 2.53. The number of carbonyl (C=O) groups is 1. The van der Waals surface area contributed by atoms with Crippen LogP contribution in [0.15, 0.2) is 54.6 Å². The topological polar surface area (TPSA) is 46.5 Å². The maximum absolute atomic E-state index is 12.2. The second kappa shape index (κ2) is 6.55. The Balaban J connectivity index is 2.15. The van der Waals surface area contributed by atoms with E-state index in [1.807, 2.05) is 18.2 Å². The van der Waals surface area contributed by atoms with Crippen LogP contribution in [0, 0.1) is 0 Å². The molecule has 0 aliphatic carbocycles. The van der Waals surface area contributed by atoms with E-state index in [-0.39, 0.29) is 0 Å². The van der Waals surface area contributed by atoms with E-state index in [1.54, 1.807) is 43.5 Å². The highest BCUT2D eigenvalue weighted by molar-refractivity contribution is 6.23. The monoisotopic (exact) mass is 290 g/mol. The minimum absolute atomic E-state index is 0.403. The van der Waals surface area contributed by atoms with Crippen LogP contribution in [0.5, 0.6) is 5.75 Å². The van der Waals surface area contributed by atoms with Crippen molar-refractivity contribution < 1.29 is 14.6 Å². The molecule has 0 aliphatic rings. The maximum atomic E-state index is 12.2. The van der Waals surface area contributed by atoms with Gasteiger partial charge in [-0.2, -0.15) is 0 Å². The second-order valence-corrected chi connectivity index (χ2v) is 4.82. The van der Waals surface area contributed by atoms with Crippen LogP contribution in [0.1, 0.15) is 21.3 Å². The van der Waals surface area contributed by atoms with Crippen molar-refractivity contribution in [2.24, 2.45) is 0 Å². The van der Waals surface area contributed by atoms with E-state index in [2.05, 4.69) is 0 Å². The molecule has 4 heteroatoms. The molecule has 0 aliphatic heterocycles. The van der Waals surface area contributed by atoms with Gasteiger partial charge in [0.25, 0.3) is 0 Å². The molecule has 0 fully saturated rings. The van der Waals surface area contributed by atoms with Crippen molar-refractivity contribution >= 4 is 17.4 Å². The molecule has 1 N–H and O–H groups in total. The van der Waals surface area contributed by atoms with Crippen LogP contribution in [0.3, 0.4) is 0 Å². The summed E-state index contributed by atoms with van der Waals surface area (Å²) in [4.78, 5) is 12.2. The fourth-order valence-corrected chi connectivity index (χ4v) is 2.14. The lowest BCUT2D eigenvalue weighted by molar-refractivity contribution is 0.0738. The van der Waals surface area contributed by atoms with Gasteiger partial charge in [-0.3, -0.25) is 4.79 Å². The Morgan fingerprint density at radius 1 is 1.10 bits per heavy atom. The van der Waals surface area contributed by atoms with E-state index in [0.717, 1.165) is 0 Å². The zero-order valence-corrected chi connectivity index (χ0v) is 11.7. The molecule has 0 aromatic heterocycles. The summed E-state index contributed by atoms with van der Waals surface area (Å²) in [6.07, 6.45) is -1.28. The lowest BCUT2D eigenvalue weighted by Crippen LogP contribution is -2.25. The summed E-state index contributed by atoms with van der Waals surface area (Å²) < 4.78 is 5.03. The smallest absolute Gasteiger partial charge is 0.193 e. The number of Topliss-reactive ketones (excluding diaryl/α,β-unsaturated/α-hetero) is 1. The molecule has 2 atom stereocenters. The highest BCUT2D eigenvalue weighted by Crippen LogP contribution is 2.26. The highest BCUT2D eigenvalue weighted by Gasteiger charge is 2.26. The number of rotatable bonds is 5. The van der Waals surface area contributed by atoms with Gasteiger partial charge in [0.1, 0.15) is 11.9 Å². The van der Waals surface area contributed by atoms with Gasteiger partial charge < -0.3 is 9.84 Å². The summed E-state index contributed by atoms with van der Waals surface area (Å²) in [5.41, 5.74) is 1.11. The van der Waals surface area contributed by atoms with Crippen molar-refractivity contribution in [2.45, 2.75) is 11.5 Å².